The summed E-state index contributed by atoms with van der Waals surface area (Å²) in [5.41, 5.74) is 7.25. The molecule has 0 saturated carbocycles. The first-order valence-corrected chi connectivity index (χ1v) is 5.85. The van der Waals surface area contributed by atoms with Crippen LogP contribution < -0.4 is 5.73 Å². The Balaban J connectivity index is 1.87. The number of nitrogens with one attached hydrogen (secondary N) is 1. The summed E-state index contributed by atoms with van der Waals surface area (Å²) >= 11 is 0. The standard InChI is InChI=1S/C12H9N7O2/c13-9-8-10(15-5-14-9)17-12(16-8)19-18-7-3-1-6(2-4-7)11(20)21/h1-5H,(H,20,21)(H3,13,14,15,16,17). The van der Waals surface area contributed by atoms with Gasteiger partial charge in [-0.3, -0.25) is 0 Å². The van der Waals surface area contributed by atoms with E-state index in [2.05, 4.69) is 30.2 Å². The molecule has 21 heavy (non-hydrogen) atoms. The molecule has 0 aliphatic carbocycles. The molecule has 4 N–H and O–H groups in total. The van der Waals surface area contributed by atoms with E-state index in [0.29, 0.717) is 16.9 Å². The molecule has 9 nitrogen and oxygen atoms in total. The fourth-order valence-corrected chi connectivity index (χ4v) is 1.66. The highest BCUT2D eigenvalue weighted by atomic mass is 16.4. The maximum Gasteiger partial charge on any atom is 0.335 e. The Hall–Kier alpha value is -3.36. The van der Waals surface area contributed by atoms with Gasteiger partial charge in [0.15, 0.2) is 11.5 Å². The van der Waals surface area contributed by atoms with E-state index in [0.717, 1.165) is 0 Å². The number of aromatic amines is 1. The number of imidazole rings is 1. The number of carbonyl (C=O) groups is 1. The summed E-state index contributed by atoms with van der Waals surface area (Å²) in [5.74, 6) is -0.482. The lowest BCUT2D eigenvalue weighted by Crippen LogP contribution is -1.93. The van der Waals surface area contributed by atoms with Crippen LogP contribution in [0.15, 0.2) is 40.8 Å². The van der Waals surface area contributed by atoms with E-state index in [4.69, 9.17) is 10.8 Å². The number of fused-ring (bicyclic) bond motifs is 1. The van der Waals surface area contributed by atoms with Crippen molar-refractivity contribution in [3.8, 4) is 0 Å². The number of nitrogens with two attached hydrogens (primary N) is 1. The second kappa shape index (κ2) is 4.96. The van der Waals surface area contributed by atoms with Gasteiger partial charge in [-0.05, 0) is 24.3 Å². The lowest BCUT2D eigenvalue weighted by molar-refractivity contribution is 0.0697. The largest absolute Gasteiger partial charge is 0.478 e. The number of azo groups is 1. The molecule has 1 aromatic carbocycles. The number of hydrogen-bond donors (Lipinski definition) is 3. The van der Waals surface area contributed by atoms with Crippen LogP contribution in [-0.2, 0) is 0 Å². The monoisotopic (exact) mass is 283 g/mol. The van der Waals surface area contributed by atoms with Gasteiger partial charge in [0.1, 0.15) is 11.8 Å². The Morgan fingerprint density at radius 2 is 1.95 bits per heavy atom. The van der Waals surface area contributed by atoms with Crippen molar-refractivity contribution in [1.82, 2.24) is 19.9 Å². The molecular weight excluding hydrogens is 274 g/mol. The molecule has 0 aliphatic heterocycles. The van der Waals surface area contributed by atoms with Gasteiger partial charge in [0, 0.05) is 0 Å². The number of carboxylic acid groups (broad SMARTS) is 1. The van der Waals surface area contributed by atoms with Gasteiger partial charge in [-0.1, -0.05) is 0 Å². The van der Waals surface area contributed by atoms with Crippen LogP contribution in [0.2, 0.25) is 0 Å². The molecular formula is C12H9N7O2. The first kappa shape index (κ1) is 12.7. The Kier molecular flexibility index (Phi) is 2.99. The zero-order valence-corrected chi connectivity index (χ0v) is 10.6. The first-order valence-electron chi connectivity index (χ1n) is 5.85. The maximum atomic E-state index is 10.7. The Labute approximate surface area is 117 Å². The van der Waals surface area contributed by atoms with Crippen molar-refractivity contribution in [2.75, 3.05) is 5.73 Å². The number of nitrogen functional groups attached to an aromatic ring is 1. The van der Waals surface area contributed by atoms with Crippen LogP contribution in [0.1, 0.15) is 10.4 Å². The minimum Gasteiger partial charge on any atom is -0.478 e. The normalized spacial score (nSPS) is 11.2. The van der Waals surface area contributed by atoms with E-state index in [-0.39, 0.29) is 17.3 Å². The predicted octanol–water partition coefficient (Wildman–Crippen LogP) is 2.05. The Morgan fingerprint density at radius 1 is 1.19 bits per heavy atom. The predicted molar refractivity (Wildman–Crippen MR) is 73.7 cm³/mol. The lowest BCUT2D eigenvalue weighted by Gasteiger charge is -1.94. The maximum absolute atomic E-state index is 10.7. The summed E-state index contributed by atoms with van der Waals surface area (Å²) in [6, 6.07) is 5.98. The van der Waals surface area contributed by atoms with Crippen LogP contribution in [0.4, 0.5) is 17.5 Å². The smallest absolute Gasteiger partial charge is 0.335 e. The van der Waals surface area contributed by atoms with Gasteiger partial charge in [-0.25, -0.2) is 14.8 Å². The number of anilines is 1. The molecule has 0 saturated heterocycles. The Morgan fingerprint density at radius 3 is 2.62 bits per heavy atom. The summed E-state index contributed by atoms with van der Waals surface area (Å²) in [6.07, 6.45) is 1.31. The number of aromatic carboxylic acids is 1. The molecule has 0 bridgehead atoms. The van der Waals surface area contributed by atoms with E-state index >= 15 is 0 Å². The summed E-state index contributed by atoms with van der Waals surface area (Å²) in [6.45, 7) is 0. The van der Waals surface area contributed by atoms with Crippen LogP contribution in [0, 0.1) is 0 Å². The molecule has 0 amide bonds. The number of carboxylic acids is 1. The molecule has 2 aromatic heterocycles. The third kappa shape index (κ3) is 2.52. The van der Waals surface area contributed by atoms with E-state index < -0.39 is 5.97 Å². The van der Waals surface area contributed by atoms with Gasteiger partial charge in [0.2, 0.25) is 5.95 Å². The van der Waals surface area contributed by atoms with Crippen LogP contribution in [0.25, 0.3) is 11.2 Å². The van der Waals surface area contributed by atoms with E-state index in [1.54, 1.807) is 12.1 Å². The van der Waals surface area contributed by atoms with Crippen molar-refractivity contribution in [3.63, 3.8) is 0 Å². The van der Waals surface area contributed by atoms with Crippen LogP contribution in [0.3, 0.4) is 0 Å². The average Bonchev–Trinajstić information content (AvgIpc) is 2.90. The first-order chi connectivity index (χ1) is 10.1. The summed E-state index contributed by atoms with van der Waals surface area (Å²) in [7, 11) is 0. The van der Waals surface area contributed by atoms with Gasteiger partial charge in [-0.15, -0.1) is 10.2 Å². The van der Waals surface area contributed by atoms with Crippen LogP contribution in [0.5, 0.6) is 0 Å². The molecule has 0 atom stereocenters. The number of hydrogen-bond acceptors (Lipinski definition) is 7. The molecule has 3 aromatic rings. The molecule has 0 unspecified atom stereocenters. The molecule has 0 fully saturated rings. The third-order valence-corrected chi connectivity index (χ3v) is 2.68. The summed E-state index contributed by atoms with van der Waals surface area (Å²) in [4.78, 5) is 25.5. The van der Waals surface area contributed by atoms with Gasteiger partial charge < -0.3 is 15.8 Å². The molecule has 3 rings (SSSR count). The van der Waals surface area contributed by atoms with Crippen molar-refractivity contribution in [1.29, 1.82) is 0 Å². The quantitative estimate of drug-likeness (QED) is 0.627. The molecule has 9 heteroatoms. The van der Waals surface area contributed by atoms with Gasteiger partial charge in [0.25, 0.3) is 0 Å². The topological polar surface area (TPSA) is 142 Å². The third-order valence-electron chi connectivity index (χ3n) is 2.68. The van der Waals surface area contributed by atoms with Crippen molar-refractivity contribution < 1.29 is 9.90 Å². The molecule has 0 radical (unpaired) electrons. The zero-order chi connectivity index (χ0) is 14.8. The van der Waals surface area contributed by atoms with E-state index in [9.17, 15) is 4.79 Å². The molecule has 104 valence electrons. The lowest BCUT2D eigenvalue weighted by atomic mass is 10.2. The second-order valence-electron chi connectivity index (χ2n) is 4.07. The zero-order valence-electron chi connectivity index (χ0n) is 10.6. The van der Waals surface area contributed by atoms with Crippen molar-refractivity contribution in [3.05, 3.63) is 36.2 Å². The molecule has 2 heterocycles. The minimum atomic E-state index is -0.996. The van der Waals surface area contributed by atoms with Crippen molar-refractivity contribution in [2.45, 2.75) is 0 Å². The van der Waals surface area contributed by atoms with Crippen LogP contribution >= 0.6 is 0 Å². The molecule has 0 spiro atoms. The van der Waals surface area contributed by atoms with Crippen molar-refractivity contribution in [2.24, 2.45) is 10.2 Å². The van der Waals surface area contributed by atoms with E-state index in [1.165, 1.54) is 18.5 Å². The fourth-order valence-electron chi connectivity index (χ4n) is 1.66. The number of benzene rings is 1. The highest BCUT2D eigenvalue weighted by Gasteiger charge is 2.06. The van der Waals surface area contributed by atoms with Crippen molar-refractivity contribution >= 4 is 34.6 Å². The second-order valence-corrected chi connectivity index (χ2v) is 4.07. The highest BCUT2D eigenvalue weighted by molar-refractivity contribution is 5.87. The minimum absolute atomic E-state index is 0.181. The van der Waals surface area contributed by atoms with Gasteiger partial charge >= 0.3 is 5.97 Å². The SMILES string of the molecule is Nc1ncnc2nc(N=Nc3ccc(C(=O)O)cc3)[nH]c12. The fraction of sp³-hybridized carbons (Fsp3) is 0. The van der Waals surface area contributed by atoms with E-state index in [1.807, 2.05) is 0 Å². The number of aromatic nitrogens is 4. The van der Waals surface area contributed by atoms with Crippen LogP contribution in [-0.4, -0.2) is 31.0 Å². The summed E-state index contributed by atoms with van der Waals surface area (Å²) < 4.78 is 0. The number of H-pyrrole nitrogens is 1. The van der Waals surface area contributed by atoms with Gasteiger partial charge in [0.05, 0.1) is 11.3 Å². The number of nitrogens with zero attached hydrogens (tertiary/aromatic N) is 5. The molecule has 0 aliphatic rings. The Bertz CT molecular complexity index is 838. The summed E-state index contributed by atoms with van der Waals surface area (Å²) in [5, 5.41) is 16.7. The van der Waals surface area contributed by atoms with Gasteiger partial charge in [-0.2, -0.15) is 4.98 Å². The number of rotatable bonds is 3. The average molecular weight is 283 g/mol. The highest BCUT2D eigenvalue weighted by Crippen LogP contribution is 2.20.